The van der Waals surface area contributed by atoms with Crippen molar-refractivity contribution in [2.45, 2.75) is 18.7 Å². The SMILES string of the molecule is Cc1cc(C(Br)c2ccc3c(c2)OCCO3)c(C)o1. The molecule has 100 valence electrons. The van der Waals surface area contributed by atoms with Gasteiger partial charge in [-0.1, -0.05) is 22.0 Å². The van der Waals surface area contributed by atoms with Gasteiger partial charge in [0.1, 0.15) is 24.7 Å². The molecule has 0 aliphatic carbocycles. The summed E-state index contributed by atoms with van der Waals surface area (Å²) in [6, 6.07) is 8.09. The maximum Gasteiger partial charge on any atom is 0.161 e. The molecule has 2 aromatic rings. The fraction of sp³-hybridized carbons (Fsp3) is 0.333. The lowest BCUT2D eigenvalue weighted by molar-refractivity contribution is 0.171. The van der Waals surface area contributed by atoms with Crippen LogP contribution in [0.15, 0.2) is 28.7 Å². The summed E-state index contributed by atoms with van der Waals surface area (Å²) in [5.41, 5.74) is 2.28. The Kier molecular flexibility index (Phi) is 3.27. The molecule has 19 heavy (non-hydrogen) atoms. The van der Waals surface area contributed by atoms with E-state index in [9.17, 15) is 0 Å². The summed E-state index contributed by atoms with van der Waals surface area (Å²) in [5, 5.41) is 0. The average molecular weight is 323 g/mol. The van der Waals surface area contributed by atoms with Crippen molar-refractivity contribution in [3.05, 3.63) is 46.9 Å². The van der Waals surface area contributed by atoms with E-state index in [1.54, 1.807) is 0 Å². The van der Waals surface area contributed by atoms with Crippen molar-refractivity contribution in [3.63, 3.8) is 0 Å². The number of rotatable bonds is 2. The Hall–Kier alpha value is -1.42. The number of alkyl halides is 1. The van der Waals surface area contributed by atoms with E-state index in [0.717, 1.165) is 34.1 Å². The Labute approximate surface area is 120 Å². The van der Waals surface area contributed by atoms with Gasteiger partial charge in [0.15, 0.2) is 11.5 Å². The largest absolute Gasteiger partial charge is 0.486 e. The second kappa shape index (κ2) is 4.93. The second-order valence-corrected chi connectivity index (χ2v) is 5.55. The molecule has 0 saturated carbocycles. The molecule has 4 heteroatoms. The van der Waals surface area contributed by atoms with E-state index in [1.807, 2.05) is 26.0 Å². The zero-order valence-electron chi connectivity index (χ0n) is 10.9. The molecular weight excluding hydrogens is 308 g/mol. The van der Waals surface area contributed by atoms with E-state index in [2.05, 4.69) is 28.1 Å². The number of furan rings is 1. The topological polar surface area (TPSA) is 31.6 Å². The Bertz CT molecular complexity index is 603. The first-order chi connectivity index (χ1) is 9.15. The fourth-order valence-corrected chi connectivity index (χ4v) is 3.04. The summed E-state index contributed by atoms with van der Waals surface area (Å²) >= 11 is 3.73. The highest BCUT2D eigenvalue weighted by atomic mass is 79.9. The standard InChI is InChI=1S/C15H15BrO3/c1-9-7-12(10(2)19-9)15(16)11-3-4-13-14(8-11)18-6-5-17-13/h3-4,7-8,15H,5-6H2,1-2H3. The highest BCUT2D eigenvalue weighted by molar-refractivity contribution is 9.09. The van der Waals surface area contributed by atoms with Crippen LogP contribution in [0, 0.1) is 13.8 Å². The molecule has 1 aliphatic rings. The summed E-state index contributed by atoms with van der Waals surface area (Å²) in [5.74, 6) is 3.49. The molecule has 0 fully saturated rings. The van der Waals surface area contributed by atoms with Crippen LogP contribution in [0.5, 0.6) is 11.5 Å². The van der Waals surface area contributed by atoms with Crippen LogP contribution in [-0.4, -0.2) is 13.2 Å². The third-order valence-corrected chi connectivity index (χ3v) is 4.23. The van der Waals surface area contributed by atoms with Crippen molar-refractivity contribution in [2.75, 3.05) is 13.2 Å². The number of hydrogen-bond acceptors (Lipinski definition) is 3. The Morgan fingerprint density at radius 1 is 1.05 bits per heavy atom. The number of aryl methyl sites for hydroxylation is 2. The van der Waals surface area contributed by atoms with Gasteiger partial charge in [-0.3, -0.25) is 0 Å². The Balaban J connectivity index is 1.95. The number of fused-ring (bicyclic) bond motifs is 1. The average Bonchev–Trinajstić information content (AvgIpc) is 2.76. The molecule has 3 rings (SSSR count). The van der Waals surface area contributed by atoms with E-state index >= 15 is 0 Å². The number of halogens is 1. The Morgan fingerprint density at radius 3 is 2.47 bits per heavy atom. The van der Waals surface area contributed by atoms with Crippen molar-refractivity contribution in [1.29, 1.82) is 0 Å². The maximum atomic E-state index is 5.62. The predicted molar refractivity (Wildman–Crippen MR) is 76.4 cm³/mol. The molecule has 3 nitrogen and oxygen atoms in total. The lowest BCUT2D eigenvalue weighted by Crippen LogP contribution is -2.15. The van der Waals surface area contributed by atoms with Gasteiger partial charge in [-0.2, -0.15) is 0 Å². The molecule has 0 amide bonds. The fourth-order valence-electron chi connectivity index (χ4n) is 2.30. The molecule has 1 aromatic carbocycles. The van der Waals surface area contributed by atoms with Crippen LogP contribution < -0.4 is 9.47 Å². The molecule has 1 aliphatic heterocycles. The molecule has 1 unspecified atom stereocenters. The first-order valence-electron chi connectivity index (χ1n) is 6.25. The van der Waals surface area contributed by atoms with Gasteiger partial charge in [-0.25, -0.2) is 0 Å². The van der Waals surface area contributed by atoms with Crippen molar-refractivity contribution < 1.29 is 13.9 Å². The first kappa shape index (κ1) is 12.6. The van der Waals surface area contributed by atoms with E-state index in [4.69, 9.17) is 13.9 Å². The van der Waals surface area contributed by atoms with Crippen molar-refractivity contribution in [3.8, 4) is 11.5 Å². The molecule has 0 bridgehead atoms. The summed E-state index contributed by atoms with van der Waals surface area (Å²) < 4.78 is 16.7. The summed E-state index contributed by atoms with van der Waals surface area (Å²) in [6.07, 6.45) is 0. The van der Waals surface area contributed by atoms with E-state index in [-0.39, 0.29) is 4.83 Å². The third kappa shape index (κ3) is 2.37. The van der Waals surface area contributed by atoms with Crippen LogP contribution in [0.4, 0.5) is 0 Å². The number of ether oxygens (including phenoxy) is 2. The zero-order chi connectivity index (χ0) is 13.4. The van der Waals surface area contributed by atoms with Crippen molar-refractivity contribution >= 4 is 15.9 Å². The van der Waals surface area contributed by atoms with Crippen LogP contribution in [0.3, 0.4) is 0 Å². The first-order valence-corrected chi connectivity index (χ1v) is 7.17. The predicted octanol–water partition coefficient (Wildman–Crippen LogP) is 4.15. The molecule has 0 saturated heterocycles. The summed E-state index contributed by atoms with van der Waals surface area (Å²) in [6.45, 7) is 5.16. The molecular formula is C15H15BrO3. The lowest BCUT2D eigenvalue weighted by Gasteiger charge is -2.20. The van der Waals surface area contributed by atoms with Gasteiger partial charge in [0.05, 0.1) is 4.83 Å². The van der Waals surface area contributed by atoms with E-state index < -0.39 is 0 Å². The molecule has 0 spiro atoms. The monoisotopic (exact) mass is 322 g/mol. The van der Waals surface area contributed by atoms with Gasteiger partial charge in [-0.15, -0.1) is 0 Å². The minimum absolute atomic E-state index is 0.0979. The highest BCUT2D eigenvalue weighted by Crippen LogP contribution is 2.39. The summed E-state index contributed by atoms with van der Waals surface area (Å²) in [4.78, 5) is 0.0979. The minimum atomic E-state index is 0.0979. The molecule has 0 N–H and O–H groups in total. The van der Waals surface area contributed by atoms with Gasteiger partial charge in [0, 0.05) is 5.56 Å². The van der Waals surface area contributed by atoms with Gasteiger partial charge in [0.2, 0.25) is 0 Å². The third-order valence-electron chi connectivity index (χ3n) is 3.21. The zero-order valence-corrected chi connectivity index (χ0v) is 12.5. The van der Waals surface area contributed by atoms with Gasteiger partial charge < -0.3 is 13.9 Å². The van der Waals surface area contributed by atoms with Crippen LogP contribution in [-0.2, 0) is 0 Å². The van der Waals surface area contributed by atoms with Crippen LogP contribution >= 0.6 is 15.9 Å². The molecule has 2 heterocycles. The number of hydrogen-bond donors (Lipinski definition) is 0. The van der Waals surface area contributed by atoms with Crippen LogP contribution in [0.2, 0.25) is 0 Å². The minimum Gasteiger partial charge on any atom is -0.486 e. The quantitative estimate of drug-likeness (QED) is 0.778. The normalized spacial score (nSPS) is 15.3. The van der Waals surface area contributed by atoms with Gasteiger partial charge >= 0.3 is 0 Å². The van der Waals surface area contributed by atoms with Crippen LogP contribution in [0.1, 0.15) is 27.5 Å². The van der Waals surface area contributed by atoms with Crippen LogP contribution in [0.25, 0.3) is 0 Å². The number of benzene rings is 1. The van der Waals surface area contributed by atoms with Crippen molar-refractivity contribution in [2.24, 2.45) is 0 Å². The van der Waals surface area contributed by atoms with E-state index in [1.165, 1.54) is 0 Å². The Morgan fingerprint density at radius 2 is 1.79 bits per heavy atom. The van der Waals surface area contributed by atoms with Gasteiger partial charge in [-0.05, 0) is 37.6 Å². The molecule has 1 aromatic heterocycles. The van der Waals surface area contributed by atoms with Gasteiger partial charge in [0.25, 0.3) is 0 Å². The molecule has 0 radical (unpaired) electrons. The maximum absolute atomic E-state index is 5.62. The smallest absolute Gasteiger partial charge is 0.161 e. The second-order valence-electron chi connectivity index (χ2n) is 4.63. The van der Waals surface area contributed by atoms with Crippen molar-refractivity contribution in [1.82, 2.24) is 0 Å². The molecule has 1 atom stereocenters. The summed E-state index contributed by atoms with van der Waals surface area (Å²) in [7, 11) is 0. The highest BCUT2D eigenvalue weighted by Gasteiger charge is 2.19. The lowest BCUT2D eigenvalue weighted by atomic mass is 10.0. The van der Waals surface area contributed by atoms with E-state index in [0.29, 0.717) is 13.2 Å².